The maximum atomic E-state index is 9.06. The third-order valence-electron chi connectivity index (χ3n) is 1.66. The smallest absolute Gasteiger partial charge is 0.103 e. The lowest BCUT2D eigenvalue weighted by Crippen LogP contribution is -2.21. The van der Waals surface area contributed by atoms with Crippen molar-refractivity contribution >= 4 is 23.2 Å². The molecule has 0 aromatic carbocycles. The van der Waals surface area contributed by atoms with Crippen LogP contribution in [0.5, 0.6) is 0 Å². The molecule has 0 heterocycles. The zero-order valence-corrected chi connectivity index (χ0v) is 9.15. The summed E-state index contributed by atoms with van der Waals surface area (Å²) in [4.78, 5) is 0. The summed E-state index contributed by atoms with van der Waals surface area (Å²) in [6.45, 7) is 3.48. The highest BCUT2D eigenvalue weighted by atomic mass is 35.5. The van der Waals surface area contributed by atoms with Gasteiger partial charge in [-0.2, -0.15) is 0 Å². The summed E-state index contributed by atoms with van der Waals surface area (Å²) in [5, 5.41) is 9.23. The highest BCUT2D eigenvalue weighted by molar-refractivity contribution is 6.30. The molecule has 0 aliphatic rings. The predicted molar refractivity (Wildman–Crippen MR) is 56.1 cm³/mol. The lowest BCUT2D eigenvalue weighted by molar-refractivity contribution is 0.192. The summed E-state index contributed by atoms with van der Waals surface area (Å²) < 4.78 is 0. The van der Waals surface area contributed by atoms with Crippen LogP contribution in [0.4, 0.5) is 0 Å². The number of allylic oxidation sites excluding steroid dienone is 1. The van der Waals surface area contributed by atoms with Gasteiger partial charge >= 0.3 is 0 Å². The fraction of sp³-hybridized carbons (Fsp3) is 0.500. The van der Waals surface area contributed by atoms with Crippen LogP contribution in [0.3, 0.4) is 0 Å². The van der Waals surface area contributed by atoms with E-state index in [4.69, 9.17) is 39.8 Å². The monoisotopic (exact) mass is 224 g/mol. The highest BCUT2D eigenvalue weighted by Gasteiger charge is 2.23. The average molecular weight is 225 g/mol. The van der Waals surface area contributed by atoms with E-state index in [2.05, 4.69) is 0 Å². The van der Waals surface area contributed by atoms with Gasteiger partial charge in [0.25, 0.3) is 0 Å². The number of hydrogen-bond acceptors (Lipinski definition) is 3. The third-order valence-corrected chi connectivity index (χ3v) is 1.98. The Morgan fingerprint density at radius 2 is 1.85 bits per heavy atom. The van der Waals surface area contributed by atoms with Crippen molar-refractivity contribution in [1.29, 1.82) is 0 Å². The third kappa shape index (κ3) is 3.89. The Kier molecular flexibility index (Phi) is 4.61. The van der Waals surface area contributed by atoms with Crippen molar-refractivity contribution in [1.82, 2.24) is 0 Å². The first-order chi connectivity index (χ1) is 5.81. The van der Waals surface area contributed by atoms with Crippen LogP contribution in [0.25, 0.3) is 0 Å². The van der Waals surface area contributed by atoms with E-state index in [1.807, 2.05) is 0 Å². The minimum Gasteiger partial charge on any atom is -0.395 e. The molecule has 5 heteroatoms. The van der Waals surface area contributed by atoms with Gasteiger partial charge in [-0.1, -0.05) is 37.0 Å². The second kappa shape index (κ2) is 4.74. The number of nitrogens with two attached hydrogens (primary N) is 2. The van der Waals surface area contributed by atoms with Crippen molar-refractivity contribution in [2.75, 3.05) is 6.61 Å². The van der Waals surface area contributed by atoms with Crippen molar-refractivity contribution in [3.8, 4) is 0 Å². The van der Waals surface area contributed by atoms with Gasteiger partial charge in [-0.15, -0.1) is 0 Å². The van der Waals surface area contributed by atoms with Crippen LogP contribution < -0.4 is 11.5 Å². The van der Waals surface area contributed by atoms with E-state index < -0.39 is 5.41 Å². The molecule has 0 unspecified atom stereocenters. The molecule has 5 N–H and O–H groups in total. The molecule has 0 aromatic rings. The minimum absolute atomic E-state index is 0.0834. The molecule has 0 aliphatic carbocycles. The van der Waals surface area contributed by atoms with Crippen LogP contribution in [0.2, 0.25) is 0 Å². The minimum atomic E-state index is -0.550. The topological polar surface area (TPSA) is 72.3 Å². The van der Waals surface area contributed by atoms with Crippen molar-refractivity contribution in [3.63, 3.8) is 0 Å². The fourth-order valence-electron chi connectivity index (χ4n) is 0.811. The molecule has 0 fully saturated rings. The lowest BCUT2D eigenvalue weighted by atomic mass is 9.85. The molecule has 0 saturated carbocycles. The molecule has 76 valence electrons. The molecule has 0 saturated heterocycles. The second-order valence-electron chi connectivity index (χ2n) is 3.33. The van der Waals surface area contributed by atoms with Gasteiger partial charge in [-0.3, -0.25) is 0 Å². The van der Waals surface area contributed by atoms with E-state index in [0.717, 1.165) is 0 Å². The Morgan fingerprint density at radius 3 is 2.08 bits per heavy atom. The van der Waals surface area contributed by atoms with E-state index in [1.54, 1.807) is 13.8 Å². The van der Waals surface area contributed by atoms with Gasteiger partial charge in [0.1, 0.15) is 5.16 Å². The Hall–Kier alpha value is -0.380. The van der Waals surface area contributed by atoms with E-state index >= 15 is 0 Å². The summed E-state index contributed by atoms with van der Waals surface area (Å²) >= 11 is 11.1. The predicted octanol–water partition coefficient (Wildman–Crippen LogP) is 1.45. The summed E-state index contributed by atoms with van der Waals surface area (Å²) in [6.07, 6.45) is 1.44. The molecule has 0 radical (unpaired) electrons. The van der Waals surface area contributed by atoms with Crippen LogP contribution in [-0.4, -0.2) is 11.7 Å². The molecule has 0 rings (SSSR count). The summed E-state index contributed by atoms with van der Waals surface area (Å²) in [5.74, 6) is 0. The molecule has 13 heavy (non-hydrogen) atoms. The number of halogens is 2. The first-order valence-electron chi connectivity index (χ1n) is 3.70. The van der Waals surface area contributed by atoms with Crippen LogP contribution >= 0.6 is 23.2 Å². The first kappa shape index (κ1) is 12.6. The van der Waals surface area contributed by atoms with Gasteiger partial charge in [-0.25, -0.2) is 0 Å². The van der Waals surface area contributed by atoms with Crippen LogP contribution in [0.15, 0.2) is 22.0 Å². The van der Waals surface area contributed by atoms with E-state index in [9.17, 15) is 0 Å². The van der Waals surface area contributed by atoms with E-state index in [0.29, 0.717) is 5.57 Å². The number of hydrogen-bond donors (Lipinski definition) is 3. The SMILES string of the molecule is CC(C)(CO)C(/C=C(\N)Cl)=C(/N)Cl. The van der Waals surface area contributed by atoms with Crippen LogP contribution in [0.1, 0.15) is 13.8 Å². The van der Waals surface area contributed by atoms with Crippen molar-refractivity contribution in [3.05, 3.63) is 22.0 Å². The quantitative estimate of drug-likeness (QED) is 0.502. The van der Waals surface area contributed by atoms with E-state index in [1.165, 1.54) is 6.08 Å². The van der Waals surface area contributed by atoms with Gasteiger partial charge in [0.05, 0.1) is 11.8 Å². The number of aliphatic hydroxyl groups excluding tert-OH is 1. The molecule has 0 amide bonds. The molecule has 0 spiro atoms. The van der Waals surface area contributed by atoms with Gasteiger partial charge in [-0.05, 0) is 11.6 Å². The van der Waals surface area contributed by atoms with Gasteiger partial charge in [0.2, 0.25) is 0 Å². The molecule has 0 atom stereocenters. The van der Waals surface area contributed by atoms with Crippen molar-refractivity contribution in [2.24, 2.45) is 16.9 Å². The zero-order chi connectivity index (χ0) is 10.6. The molecular weight excluding hydrogens is 211 g/mol. The maximum Gasteiger partial charge on any atom is 0.103 e. The Morgan fingerprint density at radius 1 is 1.38 bits per heavy atom. The largest absolute Gasteiger partial charge is 0.395 e. The van der Waals surface area contributed by atoms with E-state index in [-0.39, 0.29) is 16.9 Å². The van der Waals surface area contributed by atoms with Crippen molar-refractivity contribution in [2.45, 2.75) is 13.8 Å². The van der Waals surface area contributed by atoms with Crippen LogP contribution in [0, 0.1) is 5.41 Å². The molecule has 0 bridgehead atoms. The normalized spacial score (nSPS) is 15.6. The van der Waals surface area contributed by atoms with Crippen LogP contribution in [-0.2, 0) is 0 Å². The summed E-state index contributed by atoms with van der Waals surface area (Å²) in [5.41, 5.74) is 10.7. The molecule has 0 aromatic heterocycles. The second-order valence-corrected chi connectivity index (χ2v) is 4.18. The molecule has 3 nitrogen and oxygen atoms in total. The van der Waals surface area contributed by atoms with Gasteiger partial charge in [0.15, 0.2) is 0 Å². The summed E-state index contributed by atoms with van der Waals surface area (Å²) in [6, 6.07) is 0. The summed E-state index contributed by atoms with van der Waals surface area (Å²) in [7, 11) is 0. The lowest BCUT2D eigenvalue weighted by Gasteiger charge is -2.23. The van der Waals surface area contributed by atoms with Gasteiger partial charge < -0.3 is 16.6 Å². The zero-order valence-electron chi connectivity index (χ0n) is 7.64. The first-order valence-corrected chi connectivity index (χ1v) is 4.46. The highest BCUT2D eigenvalue weighted by Crippen LogP contribution is 2.29. The fourth-order valence-corrected chi connectivity index (χ4v) is 1.23. The standard InChI is InChI=1S/C8H14Cl2N2O/c1-8(2,4-13)5(7(10)12)3-6(9)11/h3,13H,4,11-12H2,1-2H3/b6-3-,7-5+. The maximum absolute atomic E-state index is 9.06. The average Bonchev–Trinajstić information content (AvgIpc) is 1.99. The number of rotatable bonds is 3. The molecular formula is C8H14Cl2N2O. The van der Waals surface area contributed by atoms with Crippen molar-refractivity contribution < 1.29 is 5.11 Å². The number of aliphatic hydroxyl groups is 1. The van der Waals surface area contributed by atoms with Gasteiger partial charge in [0, 0.05) is 5.41 Å². The Balaban J connectivity index is 5.09. The Labute approximate surface area is 88.0 Å². The Bertz CT molecular complexity index is 239. The molecule has 0 aliphatic heterocycles.